The molecular formula is C22H25ClF3N5O. The summed E-state index contributed by atoms with van der Waals surface area (Å²) in [6.07, 6.45) is -3.71. The zero-order chi connectivity index (χ0) is 23.1. The first-order valence-electron chi connectivity index (χ1n) is 10.4. The molecule has 0 atom stereocenters. The van der Waals surface area contributed by atoms with Gasteiger partial charge in [-0.15, -0.1) is 0 Å². The highest BCUT2D eigenvalue weighted by Gasteiger charge is 2.33. The summed E-state index contributed by atoms with van der Waals surface area (Å²) >= 11 is 6.05. The van der Waals surface area contributed by atoms with Crippen LogP contribution < -0.4 is 15.5 Å². The molecule has 0 aliphatic carbocycles. The Labute approximate surface area is 189 Å². The molecule has 1 aromatic carbocycles. The fraction of sp³-hybridized carbons (Fsp3) is 0.455. The second-order valence-electron chi connectivity index (χ2n) is 8.79. The van der Waals surface area contributed by atoms with E-state index in [0.717, 1.165) is 31.0 Å². The summed E-state index contributed by atoms with van der Waals surface area (Å²) in [5, 5.41) is 6.30. The minimum atomic E-state index is -4.49. The zero-order valence-corrected chi connectivity index (χ0v) is 18.6. The normalized spacial score (nSPS) is 18.3. The van der Waals surface area contributed by atoms with Gasteiger partial charge in [0, 0.05) is 56.6 Å². The summed E-state index contributed by atoms with van der Waals surface area (Å²) in [6.45, 7) is 7.72. The van der Waals surface area contributed by atoms with Crippen LogP contribution in [-0.2, 0) is 18.1 Å². The van der Waals surface area contributed by atoms with Crippen LogP contribution in [-0.4, -0.2) is 48.6 Å². The van der Waals surface area contributed by atoms with Crippen LogP contribution in [0.3, 0.4) is 0 Å². The molecule has 0 bridgehead atoms. The molecule has 2 aliphatic heterocycles. The van der Waals surface area contributed by atoms with Gasteiger partial charge >= 0.3 is 12.2 Å². The Balaban J connectivity index is 1.37. The lowest BCUT2D eigenvalue weighted by Gasteiger charge is -2.36. The van der Waals surface area contributed by atoms with E-state index in [2.05, 4.69) is 35.5 Å². The van der Waals surface area contributed by atoms with Crippen LogP contribution in [0.5, 0.6) is 0 Å². The lowest BCUT2D eigenvalue weighted by atomic mass is 9.79. The molecule has 0 saturated carbocycles. The number of rotatable bonds is 2. The molecule has 1 saturated heterocycles. The highest BCUT2D eigenvalue weighted by Crippen LogP contribution is 2.34. The van der Waals surface area contributed by atoms with Crippen LogP contribution in [0, 0.1) is 0 Å². The van der Waals surface area contributed by atoms with Crippen LogP contribution in [0.15, 0.2) is 30.5 Å². The topological polar surface area (TPSA) is 60.5 Å². The van der Waals surface area contributed by atoms with E-state index in [1.165, 1.54) is 11.1 Å². The Morgan fingerprint density at radius 3 is 2.56 bits per heavy atom. The van der Waals surface area contributed by atoms with Crippen molar-refractivity contribution in [2.24, 2.45) is 0 Å². The number of halogens is 4. The van der Waals surface area contributed by atoms with Gasteiger partial charge in [-0.1, -0.05) is 31.5 Å². The molecular weight excluding hydrogens is 443 g/mol. The van der Waals surface area contributed by atoms with Crippen LogP contribution in [0.1, 0.15) is 30.5 Å². The number of hydrogen-bond donors (Lipinski definition) is 2. The molecule has 2 amide bonds. The lowest BCUT2D eigenvalue weighted by Crippen LogP contribution is -2.50. The first kappa shape index (κ1) is 22.7. The number of fused-ring (bicyclic) bond motifs is 1. The molecule has 4 rings (SSSR count). The Morgan fingerprint density at radius 2 is 1.91 bits per heavy atom. The highest BCUT2D eigenvalue weighted by molar-refractivity contribution is 6.33. The van der Waals surface area contributed by atoms with Gasteiger partial charge in [0.15, 0.2) is 0 Å². The van der Waals surface area contributed by atoms with Gasteiger partial charge < -0.3 is 20.4 Å². The summed E-state index contributed by atoms with van der Waals surface area (Å²) in [4.78, 5) is 20.1. The quantitative estimate of drug-likeness (QED) is 0.683. The number of alkyl halides is 3. The second-order valence-corrected chi connectivity index (χ2v) is 9.20. The van der Waals surface area contributed by atoms with Gasteiger partial charge in [-0.25, -0.2) is 9.78 Å². The van der Waals surface area contributed by atoms with Gasteiger partial charge in [0.05, 0.1) is 10.6 Å². The highest BCUT2D eigenvalue weighted by atomic mass is 35.5. The third kappa shape index (κ3) is 4.63. The number of hydrogen-bond acceptors (Lipinski definition) is 4. The molecule has 32 heavy (non-hydrogen) atoms. The number of piperazine rings is 1. The predicted octanol–water partition coefficient (Wildman–Crippen LogP) is 4.49. The summed E-state index contributed by atoms with van der Waals surface area (Å²) in [5.41, 5.74) is 2.35. The molecule has 0 radical (unpaired) electrons. The minimum Gasteiger partial charge on any atom is -0.352 e. The summed E-state index contributed by atoms with van der Waals surface area (Å²) < 4.78 is 38.5. The second kappa shape index (κ2) is 8.44. The lowest BCUT2D eigenvalue weighted by molar-refractivity contribution is -0.137. The number of carbonyl (C=O) groups excluding carboxylic acids is 1. The maximum atomic E-state index is 12.8. The molecule has 2 N–H and O–H groups in total. The Morgan fingerprint density at radius 1 is 1.19 bits per heavy atom. The summed E-state index contributed by atoms with van der Waals surface area (Å²) in [6, 6.07) is 6.67. The van der Waals surface area contributed by atoms with Gasteiger partial charge in [0.1, 0.15) is 5.82 Å². The number of nitrogens with zero attached hydrogens (tertiary/aromatic N) is 3. The first-order chi connectivity index (χ1) is 15.0. The number of carbonyl (C=O) groups is 1. The first-order valence-corrected chi connectivity index (χ1v) is 10.8. The largest absolute Gasteiger partial charge is 0.417 e. The molecule has 2 aliphatic rings. The van der Waals surface area contributed by atoms with Crippen molar-refractivity contribution in [1.29, 1.82) is 0 Å². The third-order valence-corrected chi connectivity index (χ3v) is 6.26. The molecule has 0 unspecified atom stereocenters. The fourth-order valence-corrected chi connectivity index (χ4v) is 4.51. The van der Waals surface area contributed by atoms with Crippen molar-refractivity contribution in [3.8, 4) is 0 Å². The Kier molecular flexibility index (Phi) is 5.98. The summed E-state index contributed by atoms with van der Waals surface area (Å²) in [5.74, 6) is 0.296. The molecule has 3 heterocycles. The Hall–Kier alpha value is -2.52. The van der Waals surface area contributed by atoms with Gasteiger partial charge in [-0.3, -0.25) is 0 Å². The standard InChI is InChI=1S/C22H25ClF3N5O/c1-21(2)13-27-11-14-9-16(3-4-17(14)21)29-20(32)31-7-5-30(6-8-31)19-18(23)10-15(12-28-19)22(24,25)26/h3-4,9-10,12,27H,5-8,11,13H2,1-2H3,(H,29,32). The number of aromatic nitrogens is 1. The van der Waals surface area contributed by atoms with E-state index in [4.69, 9.17) is 11.6 Å². The molecule has 1 aromatic heterocycles. The van der Waals surface area contributed by atoms with E-state index in [9.17, 15) is 18.0 Å². The van der Waals surface area contributed by atoms with E-state index in [1.54, 1.807) is 9.80 Å². The van der Waals surface area contributed by atoms with Crippen molar-refractivity contribution in [3.63, 3.8) is 0 Å². The number of urea groups is 1. The number of amides is 2. The molecule has 2 aromatic rings. The van der Waals surface area contributed by atoms with Gasteiger partial charge in [0.2, 0.25) is 0 Å². The van der Waals surface area contributed by atoms with E-state index >= 15 is 0 Å². The minimum absolute atomic E-state index is 0.0417. The average Bonchev–Trinajstić information content (AvgIpc) is 2.73. The molecule has 6 nitrogen and oxygen atoms in total. The SMILES string of the molecule is CC1(C)CNCc2cc(NC(=O)N3CCN(c4ncc(C(F)(F)F)cc4Cl)CC3)ccc21. The van der Waals surface area contributed by atoms with E-state index in [-0.39, 0.29) is 16.5 Å². The monoisotopic (exact) mass is 467 g/mol. The molecule has 10 heteroatoms. The van der Waals surface area contributed by atoms with Crippen LogP contribution in [0.4, 0.5) is 29.5 Å². The van der Waals surface area contributed by atoms with Crippen molar-refractivity contribution in [3.05, 3.63) is 52.2 Å². The smallest absolute Gasteiger partial charge is 0.352 e. The van der Waals surface area contributed by atoms with Gasteiger partial charge in [0.25, 0.3) is 0 Å². The number of benzene rings is 1. The van der Waals surface area contributed by atoms with Crippen molar-refractivity contribution < 1.29 is 18.0 Å². The predicted molar refractivity (Wildman–Crippen MR) is 118 cm³/mol. The zero-order valence-electron chi connectivity index (χ0n) is 17.9. The number of anilines is 2. The van der Waals surface area contributed by atoms with Crippen molar-refractivity contribution in [2.45, 2.75) is 32.0 Å². The third-order valence-electron chi connectivity index (χ3n) is 5.98. The number of nitrogens with one attached hydrogen (secondary N) is 2. The molecule has 172 valence electrons. The van der Waals surface area contributed by atoms with Crippen molar-refractivity contribution >= 4 is 29.1 Å². The van der Waals surface area contributed by atoms with Crippen LogP contribution in [0.25, 0.3) is 0 Å². The average molecular weight is 468 g/mol. The number of pyridine rings is 1. The van der Waals surface area contributed by atoms with Crippen molar-refractivity contribution in [1.82, 2.24) is 15.2 Å². The van der Waals surface area contributed by atoms with E-state index in [0.29, 0.717) is 32.0 Å². The maximum absolute atomic E-state index is 12.8. The van der Waals surface area contributed by atoms with E-state index in [1.807, 2.05) is 12.1 Å². The molecule has 0 spiro atoms. The Bertz CT molecular complexity index is 1020. The fourth-order valence-electron chi connectivity index (χ4n) is 4.23. The van der Waals surface area contributed by atoms with Gasteiger partial charge in [-0.05, 0) is 29.3 Å². The van der Waals surface area contributed by atoms with E-state index < -0.39 is 11.7 Å². The van der Waals surface area contributed by atoms with Gasteiger partial charge in [-0.2, -0.15) is 13.2 Å². The summed E-state index contributed by atoms with van der Waals surface area (Å²) in [7, 11) is 0. The van der Waals surface area contributed by atoms with Crippen LogP contribution >= 0.6 is 11.6 Å². The maximum Gasteiger partial charge on any atom is 0.417 e. The van der Waals surface area contributed by atoms with Crippen LogP contribution in [0.2, 0.25) is 5.02 Å². The molecule has 1 fully saturated rings. The van der Waals surface area contributed by atoms with Crippen molar-refractivity contribution in [2.75, 3.05) is 42.9 Å².